The number of aryl methyl sites for hydroxylation is 1. The Hall–Kier alpha value is -2.00. The van der Waals surface area contributed by atoms with Crippen molar-refractivity contribution in [1.29, 1.82) is 0 Å². The third-order valence-corrected chi connectivity index (χ3v) is 3.75. The SMILES string of the molecule is CC(CCc1ccco1)Nc1ccnc2cc(Cl)ccc12. The molecule has 1 unspecified atom stereocenters. The zero-order valence-corrected chi connectivity index (χ0v) is 12.6. The van der Waals surface area contributed by atoms with Crippen molar-refractivity contribution >= 4 is 28.2 Å². The third-order valence-electron chi connectivity index (χ3n) is 3.51. The van der Waals surface area contributed by atoms with Crippen molar-refractivity contribution in [1.82, 2.24) is 4.98 Å². The van der Waals surface area contributed by atoms with Crippen LogP contribution in [0.1, 0.15) is 19.1 Å². The summed E-state index contributed by atoms with van der Waals surface area (Å²) in [5.74, 6) is 1.02. The summed E-state index contributed by atoms with van der Waals surface area (Å²) in [6.07, 6.45) is 5.45. The number of anilines is 1. The van der Waals surface area contributed by atoms with E-state index in [2.05, 4.69) is 17.2 Å². The van der Waals surface area contributed by atoms with Crippen LogP contribution in [0.15, 0.2) is 53.3 Å². The molecule has 1 atom stereocenters. The topological polar surface area (TPSA) is 38.1 Å². The lowest BCUT2D eigenvalue weighted by molar-refractivity contribution is 0.495. The standard InChI is InChI=1S/C17H17ClN2O/c1-12(4-6-14-3-2-10-21-14)20-16-8-9-19-17-11-13(18)5-7-15(16)17/h2-3,5,7-12H,4,6H2,1H3,(H,19,20). The molecular weight excluding hydrogens is 284 g/mol. The highest BCUT2D eigenvalue weighted by Gasteiger charge is 2.07. The number of pyridine rings is 1. The quantitative estimate of drug-likeness (QED) is 0.727. The van der Waals surface area contributed by atoms with E-state index in [0.717, 1.165) is 35.2 Å². The fourth-order valence-corrected chi connectivity index (χ4v) is 2.56. The van der Waals surface area contributed by atoms with E-state index in [1.165, 1.54) is 0 Å². The van der Waals surface area contributed by atoms with Gasteiger partial charge >= 0.3 is 0 Å². The monoisotopic (exact) mass is 300 g/mol. The average molecular weight is 301 g/mol. The number of nitrogens with zero attached hydrogens (tertiary/aromatic N) is 1. The molecule has 3 nitrogen and oxygen atoms in total. The van der Waals surface area contributed by atoms with Crippen LogP contribution in [-0.2, 0) is 6.42 Å². The summed E-state index contributed by atoms with van der Waals surface area (Å²) in [5, 5.41) is 5.34. The van der Waals surface area contributed by atoms with E-state index >= 15 is 0 Å². The molecular formula is C17H17ClN2O. The van der Waals surface area contributed by atoms with Crippen LogP contribution >= 0.6 is 11.6 Å². The van der Waals surface area contributed by atoms with Gasteiger partial charge in [-0.3, -0.25) is 4.98 Å². The smallest absolute Gasteiger partial charge is 0.103 e. The second kappa shape index (κ2) is 6.19. The van der Waals surface area contributed by atoms with Gasteiger partial charge in [0.05, 0.1) is 11.8 Å². The van der Waals surface area contributed by atoms with Crippen LogP contribution in [0.25, 0.3) is 10.9 Å². The maximum atomic E-state index is 6.01. The van der Waals surface area contributed by atoms with Crippen LogP contribution < -0.4 is 5.32 Å². The number of hydrogen-bond donors (Lipinski definition) is 1. The van der Waals surface area contributed by atoms with E-state index in [1.807, 2.05) is 36.4 Å². The summed E-state index contributed by atoms with van der Waals surface area (Å²) < 4.78 is 5.37. The minimum Gasteiger partial charge on any atom is -0.469 e. The first-order chi connectivity index (χ1) is 10.2. The zero-order valence-electron chi connectivity index (χ0n) is 11.8. The Morgan fingerprint density at radius 1 is 1.29 bits per heavy atom. The highest BCUT2D eigenvalue weighted by Crippen LogP contribution is 2.25. The molecule has 4 heteroatoms. The number of rotatable bonds is 5. The highest BCUT2D eigenvalue weighted by atomic mass is 35.5. The maximum absolute atomic E-state index is 6.01. The second-order valence-corrected chi connectivity index (χ2v) is 5.62. The Bertz CT molecular complexity index is 725. The van der Waals surface area contributed by atoms with Gasteiger partial charge < -0.3 is 9.73 Å². The molecule has 0 aliphatic rings. The maximum Gasteiger partial charge on any atom is 0.103 e. The Kier molecular flexibility index (Phi) is 4.11. The molecule has 2 heterocycles. The van der Waals surface area contributed by atoms with Crippen LogP contribution in [0.4, 0.5) is 5.69 Å². The Morgan fingerprint density at radius 3 is 3.00 bits per heavy atom. The van der Waals surface area contributed by atoms with E-state index in [-0.39, 0.29) is 0 Å². The fraction of sp³-hybridized carbons (Fsp3) is 0.235. The molecule has 21 heavy (non-hydrogen) atoms. The zero-order chi connectivity index (χ0) is 14.7. The largest absolute Gasteiger partial charge is 0.469 e. The molecule has 0 bridgehead atoms. The predicted octanol–water partition coefficient (Wildman–Crippen LogP) is 4.91. The lowest BCUT2D eigenvalue weighted by Crippen LogP contribution is -2.16. The molecule has 2 aromatic heterocycles. The minimum atomic E-state index is 0.344. The van der Waals surface area contributed by atoms with Crippen LogP contribution in [0, 0.1) is 0 Å². The van der Waals surface area contributed by atoms with Gasteiger partial charge in [-0.25, -0.2) is 0 Å². The molecule has 0 aliphatic heterocycles. The number of benzene rings is 1. The van der Waals surface area contributed by atoms with Crippen molar-refractivity contribution in [3.8, 4) is 0 Å². The number of fused-ring (bicyclic) bond motifs is 1. The molecule has 0 aliphatic carbocycles. The van der Waals surface area contributed by atoms with Crippen LogP contribution in [0.2, 0.25) is 5.02 Å². The number of furan rings is 1. The van der Waals surface area contributed by atoms with Gasteiger partial charge in [-0.05, 0) is 49.7 Å². The fourth-order valence-electron chi connectivity index (χ4n) is 2.40. The predicted molar refractivity (Wildman–Crippen MR) is 86.9 cm³/mol. The second-order valence-electron chi connectivity index (χ2n) is 5.18. The molecule has 0 saturated heterocycles. The van der Waals surface area contributed by atoms with Crippen LogP contribution in [-0.4, -0.2) is 11.0 Å². The summed E-state index contributed by atoms with van der Waals surface area (Å²) in [4.78, 5) is 4.36. The van der Waals surface area contributed by atoms with Crippen molar-refractivity contribution < 1.29 is 4.42 Å². The third kappa shape index (κ3) is 3.37. The normalized spacial score (nSPS) is 12.5. The summed E-state index contributed by atoms with van der Waals surface area (Å²) in [7, 11) is 0. The first-order valence-electron chi connectivity index (χ1n) is 7.05. The van der Waals surface area contributed by atoms with Crippen molar-refractivity contribution in [2.45, 2.75) is 25.8 Å². The molecule has 108 valence electrons. The lowest BCUT2D eigenvalue weighted by Gasteiger charge is -2.16. The highest BCUT2D eigenvalue weighted by molar-refractivity contribution is 6.31. The molecule has 3 aromatic rings. The van der Waals surface area contributed by atoms with Gasteiger partial charge in [-0.15, -0.1) is 0 Å². The van der Waals surface area contributed by atoms with Crippen LogP contribution in [0.3, 0.4) is 0 Å². The van der Waals surface area contributed by atoms with Crippen molar-refractivity contribution in [2.24, 2.45) is 0 Å². The average Bonchev–Trinajstić information content (AvgIpc) is 2.98. The Balaban J connectivity index is 1.72. The minimum absolute atomic E-state index is 0.344. The number of halogens is 1. The Labute approximate surface area is 128 Å². The molecule has 0 radical (unpaired) electrons. The van der Waals surface area contributed by atoms with Gasteiger partial charge in [0, 0.05) is 34.8 Å². The molecule has 0 spiro atoms. The van der Waals surface area contributed by atoms with Gasteiger partial charge in [-0.1, -0.05) is 11.6 Å². The van der Waals surface area contributed by atoms with Gasteiger partial charge in [0.2, 0.25) is 0 Å². The van der Waals surface area contributed by atoms with Crippen LogP contribution in [0.5, 0.6) is 0 Å². The molecule has 0 amide bonds. The molecule has 0 fully saturated rings. The van der Waals surface area contributed by atoms with E-state index in [9.17, 15) is 0 Å². The lowest BCUT2D eigenvalue weighted by atomic mass is 10.1. The van der Waals surface area contributed by atoms with E-state index in [0.29, 0.717) is 11.1 Å². The number of hydrogen-bond acceptors (Lipinski definition) is 3. The molecule has 3 rings (SSSR count). The Morgan fingerprint density at radius 2 is 2.19 bits per heavy atom. The summed E-state index contributed by atoms with van der Waals surface area (Å²) in [6.45, 7) is 2.17. The van der Waals surface area contributed by atoms with Gasteiger partial charge in [0.15, 0.2) is 0 Å². The first kappa shape index (κ1) is 14.0. The van der Waals surface area contributed by atoms with Gasteiger partial charge in [0.25, 0.3) is 0 Å². The van der Waals surface area contributed by atoms with E-state index in [4.69, 9.17) is 16.0 Å². The molecule has 1 N–H and O–H groups in total. The van der Waals surface area contributed by atoms with Crippen molar-refractivity contribution in [3.63, 3.8) is 0 Å². The number of nitrogens with one attached hydrogen (secondary N) is 1. The van der Waals surface area contributed by atoms with Crippen molar-refractivity contribution in [3.05, 3.63) is 59.6 Å². The van der Waals surface area contributed by atoms with E-state index < -0.39 is 0 Å². The van der Waals surface area contributed by atoms with E-state index in [1.54, 1.807) is 12.5 Å². The summed E-state index contributed by atoms with van der Waals surface area (Å²) in [5.41, 5.74) is 1.99. The van der Waals surface area contributed by atoms with Gasteiger partial charge in [-0.2, -0.15) is 0 Å². The van der Waals surface area contributed by atoms with Gasteiger partial charge in [0.1, 0.15) is 5.76 Å². The molecule has 0 saturated carbocycles. The summed E-state index contributed by atoms with van der Waals surface area (Å²) >= 11 is 6.01. The summed E-state index contributed by atoms with van der Waals surface area (Å²) in [6, 6.07) is 12.1. The first-order valence-corrected chi connectivity index (χ1v) is 7.43. The number of aromatic nitrogens is 1. The van der Waals surface area contributed by atoms with Crippen molar-refractivity contribution in [2.75, 3.05) is 5.32 Å². The molecule has 1 aromatic carbocycles.